The van der Waals surface area contributed by atoms with E-state index in [1.54, 1.807) is 48.0 Å². The van der Waals surface area contributed by atoms with Crippen molar-refractivity contribution in [3.8, 4) is 0 Å². The Bertz CT molecular complexity index is 1650. The summed E-state index contributed by atoms with van der Waals surface area (Å²) >= 11 is 0. The van der Waals surface area contributed by atoms with Crippen LogP contribution in [0.5, 0.6) is 0 Å². The molecule has 18 heteroatoms. The molecule has 9 atom stereocenters. The third kappa shape index (κ3) is 16.4. The van der Waals surface area contributed by atoms with Crippen LogP contribution in [-0.2, 0) is 54.2 Å². The molecular formula is C46H76N6O12. The number of carboxylic acids is 2. The molecule has 64 heavy (non-hydrogen) atoms. The SMILES string of the molecule is CC[C@H](C)[C@@H]([C@@H](CC(=O)N1CCCC1[C@H](OC)[C@@H](C)C(=O)N[C@@H](Cc1ccccc1)C(=O)OCCN(CC(=O)O)CC(=O)O)OC)N(C)C(=O)[C@@H](NC(=O)[C@H](C(C)C)N(C)C)C(C)C. The van der Waals surface area contributed by atoms with Gasteiger partial charge in [0.1, 0.15) is 18.7 Å². The maximum Gasteiger partial charge on any atom is 0.329 e. The number of hydrogen-bond acceptors (Lipinski definition) is 12. The second kappa shape index (κ2) is 27.0. The second-order valence-corrected chi connectivity index (χ2v) is 17.9. The van der Waals surface area contributed by atoms with Crippen molar-refractivity contribution in [2.45, 2.75) is 123 Å². The summed E-state index contributed by atoms with van der Waals surface area (Å²) in [4.78, 5) is 98.4. The van der Waals surface area contributed by atoms with Gasteiger partial charge < -0.3 is 44.9 Å². The largest absolute Gasteiger partial charge is 0.480 e. The molecule has 362 valence electrons. The molecule has 0 aromatic heterocycles. The zero-order valence-corrected chi connectivity index (χ0v) is 40.1. The lowest BCUT2D eigenvalue weighted by Gasteiger charge is -2.41. The first-order chi connectivity index (χ1) is 30.1. The standard InChI is InChI=1S/C46H76N6O12/c1-13-30(6)41(50(10)45(60)39(28(2)3)48-44(59)40(29(4)5)49(8)9)35(62-11)25-36(53)52-21-17-20-34(52)42(63-12)31(7)43(58)47-33(24-32-18-15-14-16-19-32)46(61)64-23-22-51(26-37(54)55)27-38(56)57/h14-16,18-19,28-31,33-35,39-42H,13,17,20-27H2,1-12H3,(H,47,58)(H,48,59)(H,54,55)(H,56,57)/t30-,31+,33-,34?,35+,39-,40-,41-,42+/m0/s1. The number of likely N-dealkylation sites (tertiary alicyclic amines) is 1. The second-order valence-electron chi connectivity index (χ2n) is 17.9. The first-order valence-electron chi connectivity index (χ1n) is 22.3. The quantitative estimate of drug-likeness (QED) is 0.0887. The smallest absolute Gasteiger partial charge is 0.329 e. The predicted molar refractivity (Wildman–Crippen MR) is 240 cm³/mol. The lowest BCUT2D eigenvalue weighted by atomic mass is 9.89. The molecular weight excluding hydrogens is 829 g/mol. The number of benzene rings is 1. The van der Waals surface area contributed by atoms with Crippen molar-refractivity contribution in [3.63, 3.8) is 0 Å². The minimum atomic E-state index is -1.24. The van der Waals surface area contributed by atoms with Gasteiger partial charge in [0.25, 0.3) is 0 Å². The Balaban J connectivity index is 2.30. The summed E-state index contributed by atoms with van der Waals surface area (Å²) < 4.78 is 17.4. The molecule has 1 aromatic rings. The van der Waals surface area contributed by atoms with E-state index in [4.69, 9.17) is 14.2 Å². The molecule has 4 amide bonds. The normalized spacial score (nSPS) is 17.9. The molecule has 0 radical (unpaired) electrons. The van der Waals surface area contributed by atoms with Crippen LogP contribution in [-0.4, -0.2) is 182 Å². The molecule has 4 N–H and O–H groups in total. The first kappa shape index (κ1) is 55.5. The molecule has 1 saturated heterocycles. The third-order valence-electron chi connectivity index (χ3n) is 12.2. The number of likely N-dealkylation sites (N-methyl/N-ethyl adjacent to an activating group) is 2. The van der Waals surface area contributed by atoms with E-state index in [1.165, 1.54) is 14.2 Å². The molecule has 0 saturated carbocycles. The number of nitrogens with zero attached hydrogens (tertiary/aromatic N) is 4. The summed E-state index contributed by atoms with van der Waals surface area (Å²) in [5.41, 5.74) is 0.732. The number of methoxy groups -OCH3 is 2. The number of esters is 1. The Hall–Kier alpha value is -4.65. The Kier molecular flexibility index (Phi) is 23.4. The number of carbonyl (C=O) groups is 7. The van der Waals surface area contributed by atoms with E-state index in [1.807, 2.05) is 66.6 Å². The van der Waals surface area contributed by atoms with Crippen molar-refractivity contribution in [3.05, 3.63) is 35.9 Å². The maximum absolute atomic E-state index is 14.4. The van der Waals surface area contributed by atoms with E-state index in [-0.39, 0.29) is 61.5 Å². The Labute approximate surface area is 379 Å². The van der Waals surface area contributed by atoms with E-state index in [2.05, 4.69) is 10.6 Å². The minimum absolute atomic E-state index is 0.00740. The van der Waals surface area contributed by atoms with Crippen LogP contribution >= 0.6 is 0 Å². The zero-order chi connectivity index (χ0) is 48.4. The van der Waals surface area contributed by atoms with Crippen LogP contribution in [0.3, 0.4) is 0 Å². The Morgan fingerprint density at radius 3 is 1.95 bits per heavy atom. The highest BCUT2D eigenvalue weighted by atomic mass is 16.5. The van der Waals surface area contributed by atoms with Gasteiger partial charge in [-0.05, 0) is 50.3 Å². The molecule has 1 aliphatic rings. The summed E-state index contributed by atoms with van der Waals surface area (Å²) in [5.74, 6) is -5.70. The lowest BCUT2D eigenvalue weighted by Crippen LogP contribution is -2.59. The van der Waals surface area contributed by atoms with Crippen LogP contribution in [0.15, 0.2) is 30.3 Å². The molecule has 0 spiro atoms. The van der Waals surface area contributed by atoms with Crippen molar-refractivity contribution in [1.29, 1.82) is 0 Å². The van der Waals surface area contributed by atoms with E-state index < -0.39 is 85.2 Å². The van der Waals surface area contributed by atoms with Crippen LogP contribution < -0.4 is 10.6 Å². The van der Waals surface area contributed by atoms with Gasteiger partial charge in [0, 0.05) is 40.8 Å². The highest BCUT2D eigenvalue weighted by Crippen LogP contribution is 2.30. The summed E-state index contributed by atoms with van der Waals surface area (Å²) in [6, 6.07) is 5.53. The fraction of sp³-hybridized carbons (Fsp3) is 0.717. The lowest BCUT2D eigenvalue weighted by molar-refractivity contribution is -0.150. The first-order valence-corrected chi connectivity index (χ1v) is 22.3. The summed E-state index contributed by atoms with van der Waals surface area (Å²) in [5, 5.41) is 24.2. The van der Waals surface area contributed by atoms with E-state index in [9.17, 15) is 43.8 Å². The minimum Gasteiger partial charge on any atom is -0.480 e. The van der Waals surface area contributed by atoms with Crippen molar-refractivity contribution in [2.24, 2.45) is 23.7 Å². The summed E-state index contributed by atoms with van der Waals surface area (Å²) in [7, 11) is 8.34. The number of hydrogen-bond donors (Lipinski definition) is 4. The molecule has 1 aliphatic heterocycles. The molecule has 1 heterocycles. The van der Waals surface area contributed by atoms with E-state index in [0.717, 1.165) is 10.5 Å². The van der Waals surface area contributed by atoms with Crippen molar-refractivity contribution in [2.75, 3.05) is 68.1 Å². The van der Waals surface area contributed by atoms with Crippen LogP contribution in [0.1, 0.15) is 79.7 Å². The number of ether oxygens (including phenoxy) is 3. The van der Waals surface area contributed by atoms with Gasteiger partial charge in [0.15, 0.2) is 0 Å². The highest BCUT2D eigenvalue weighted by Gasteiger charge is 2.43. The molecule has 1 unspecified atom stereocenters. The number of nitrogens with one attached hydrogen (secondary N) is 2. The van der Waals surface area contributed by atoms with Crippen LogP contribution in [0.25, 0.3) is 0 Å². The topological polar surface area (TPSA) is 225 Å². The Morgan fingerprint density at radius 1 is 0.844 bits per heavy atom. The summed E-state index contributed by atoms with van der Waals surface area (Å²) in [6.07, 6.45) is 0.407. The molecule has 18 nitrogen and oxygen atoms in total. The average molecular weight is 905 g/mol. The number of aliphatic carboxylic acids is 2. The Morgan fingerprint density at radius 2 is 1.45 bits per heavy atom. The van der Waals surface area contributed by atoms with Gasteiger partial charge in [-0.25, -0.2) is 4.79 Å². The highest BCUT2D eigenvalue weighted by molar-refractivity contribution is 5.90. The third-order valence-corrected chi connectivity index (χ3v) is 12.2. The van der Waals surface area contributed by atoms with Crippen molar-refractivity contribution < 1.29 is 58.0 Å². The van der Waals surface area contributed by atoms with E-state index in [0.29, 0.717) is 25.8 Å². The molecule has 1 fully saturated rings. The number of rotatable bonds is 28. The predicted octanol–water partition coefficient (Wildman–Crippen LogP) is 2.38. The van der Waals surface area contributed by atoms with Crippen molar-refractivity contribution >= 4 is 41.5 Å². The molecule has 0 aliphatic carbocycles. The molecule has 1 aromatic carbocycles. The van der Waals surface area contributed by atoms with Gasteiger partial charge in [-0.15, -0.1) is 0 Å². The maximum atomic E-state index is 14.4. The van der Waals surface area contributed by atoms with Gasteiger partial charge in [-0.2, -0.15) is 0 Å². The fourth-order valence-electron chi connectivity index (χ4n) is 8.73. The monoisotopic (exact) mass is 905 g/mol. The molecule has 2 rings (SSSR count). The van der Waals surface area contributed by atoms with Crippen LogP contribution in [0.4, 0.5) is 0 Å². The fourth-order valence-corrected chi connectivity index (χ4v) is 8.73. The van der Waals surface area contributed by atoms with Crippen LogP contribution in [0.2, 0.25) is 0 Å². The number of amides is 4. The van der Waals surface area contributed by atoms with Gasteiger partial charge >= 0.3 is 17.9 Å². The van der Waals surface area contributed by atoms with Gasteiger partial charge in [0.05, 0.1) is 55.8 Å². The van der Waals surface area contributed by atoms with Gasteiger partial charge in [0.2, 0.25) is 23.6 Å². The van der Waals surface area contributed by atoms with E-state index >= 15 is 0 Å². The van der Waals surface area contributed by atoms with Gasteiger partial charge in [-0.3, -0.25) is 38.6 Å². The zero-order valence-electron chi connectivity index (χ0n) is 40.1. The number of carbonyl (C=O) groups excluding carboxylic acids is 5. The summed E-state index contributed by atoms with van der Waals surface area (Å²) in [6.45, 7) is 12.1. The van der Waals surface area contributed by atoms with Crippen LogP contribution in [0, 0.1) is 23.7 Å². The average Bonchev–Trinajstić information content (AvgIpc) is 3.71. The van der Waals surface area contributed by atoms with Crippen molar-refractivity contribution in [1.82, 2.24) is 30.2 Å². The van der Waals surface area contributed by atoms with Gasteiger partial charge in [-0.1, -0.05) is 85.2 Å². The molecule has 0 bridgehead atoms. The number of carboxylic acid groups (broad SMARTS) is 2.